The number of carbonyl (C=O) groups excluding carboxylic acids is 1. The quantitative estimate of drug-likeness (QED) is 0.611. The van der Waals surface area contributed by atoms with Gasteiger partial charge in [-0.3, -0.25) is 4.79 Å². The van der Waals surface area contributed by atoms with E-state index in [-0.39, 0.29) is 5.97 Å². The van der Waals surface area contributed by atoms with Gasteiger partial charge in [-0.15, -0.1) is 0 Å². The molecule has 0 bridgehead atoms. The molecule has 0 heterocycles. The third kappa shape index (κ3) is 3.60. The maximum atomic E-state index is 12.0. The van der Waals surface area contributed by atoms with Crippen molar-refractivity contribution in [3.63, 3.8) is 0 Å². The Hall–Kier alpha value is -2.29. The van der Waals surface area contributed by atoms with Crippen molar-refractivity contribution in [3.05, 3.63) is 54.6 Å². The standard InChI is InChI=1S/C17H18O3/c1-17(2,3)16(18)20-15-12-8-7-11-14(15)19-13-9-5-4-6-10-13/h4-12H,1-3H3. The first-order valence-corrected chi connectivity index (χ1v) is 6.51. The molecular formula is C17H18O3. The van der Waals surface area contributed by atoms with Gasteiger partial charge in [-0.2, -0.15) is 0 Å². The van der Waals surface area contributed by atoms with Gasteiger partial charge in [0.1, 0.15) is 5.75 Å². The minimum absolute atomic E-state index is 0.290. The van der Waals surface area contributed by atoms with Crippen molar-refractivity contribution in [3.8, 4) is 17.2 Å². The van der Waals surface area contributed by atoms with Crippen LogP contribution in [0.3, 0.4) is 0 Å². The van der Waals surface area contributed by atoms with Gasteiger partial charge in [0.25, 0.3) is 0 Å². The van der Waals surface area contributed by atoms with Crippen LogP contribution in [0.2, 0.25) is 0 Å². The number of para-hydroxylation sites is 3. The summed E-state index contributed by atoms with van der Waals surface area (Å²) in [6.45, 7) is 5.45. The molecule has 0 saturated carbocycles. The van der Waals surface area contributed by atoms with E-state index in [2.05, 4.69) is 0 Å². The fourth-order valence-corrected chi connectivity index (χ4v) is 1.49. The molecule has 0 aromatic heterocycles. The van der Waals surface area contributed by atoms with Crippen molar-refractivity contribution < 1.29 is 14.3 Å². The lowest BCUT2D eigenvalue weighted by atomic mass is 9.97. The van der Waals surface area contributed by atoms with Crippen molar-refractivity contribution in [1.29, 1.82) is 0 Å². The van der Waals surface area contributed by atoms with Gasteiger partial charge >= 0.3 is 5.97 Å². The maximum Gasteiger partial charge on any atom is 0.316 e. The number of hydrogen-bond donors (Lipinski definition) is 0. The summed E-state index contributed by atoms with van der Waals surface area (Å²) < 4.78 is 11.2. The molecule has 3 nitrogen and oxygen atoms in total. The molecule has 20 heavy (non-hydrogen) atoms. The van der Waals surface area contributed by atoms with Crippen molar-refractivity contribution in [2.45, 2.75) is 20.8 Å². The summed E-state index contributed by atoms with van der Waals surface area (Å²) in [6.07, 6.45) is 0. The van der Waals surface area contributed by atoms with E-state index in [0.29, 0.717) is 17.2 Å². The molecular weight excluding hydrogens is 252 g/mol. The van der Waals surface area contributed by atoms with E-state index in [9.17, 15) is 4.79 Å². The summed E-state index contributed by atoms with van der Waals surface area (Å²) in [6, 6.07) is 16.5. The fourth-order valence-electron chi connectivity index (χ4n) is 1.49. The van der Waals surface area contributed by atoms with Crippen LogP contribution in [0, 0.1) is 5.41 Å². The zero-order valence-corrected chi connectivity index (χ0v) is 11.9. The molecule has 0 aliphatic heterocycles. The second-order valence-corrected chi connectivity index (χ2v) is 5.50. The number of hydrogen-bond acceptors (Lipinski definition) is 3. The Labute approximate surface area is 119 Å². The minimum atomic E-state index is -0.556. The molecule has 0 saturated heterocycles. The molecule has 0 aliphatic rings. The minimum Gasteiger partial charge on any atom is -0.453 e. The van der Waals surface area contributed by atoms with E-state index in [1.54, 1.807) is 12.1 Å². The monoisotopic (exact) mass is 270 g/mol. The van der Waals surface area contributed by atoms with Gasteiger partial charge in [0.15, 0.2) is 11.5 Å². The number of esters is 1. The van der Waals surface area contributed by atoms with E-state index in [1.165, 1.54) is 0 Å². The highest BCUT2D eigenvalue weighted by Gasteiger charge is 2.24. The Kier molecular flexibility index (Phi) is 4.08. The Morgan fingerprint density at radius 1 is 0.850 bits per heavy atom. The molecule has 0 N–H and O–H groups in total. The second kappa shape index (κ2) is 5.78. The molecule has 3 heteroatoms. The Morgan fingerprint density at radius 3 is 2.00 bits per heavy atom. The summed E-state index contributed by atoms with van der Waals surface area (Å²) in [4.78, 5) is 12.0. The average Bonchev–Trinajstić information content (AvgIpc) is 2.41. The lowest BCUT2D eigenvalue weighted by Gasteiger charge is -2.18. The summed E-state index contributed by atoms with van der Waals surface area (Å²) in [5, 5.41) is 0. The predicted octanol–water partition coefficient (Wildman–Crippen LogP) is 4.43. The molecule has 0 unspecified atom stereocenters. The van der Waals surface area contributed by atoms with Crippen LogP contribution in [0.4, 0.5) is 0 Å². The first-order chi connectivity index (χ1) is 9.47. The van der Waals surface area contributed by atoms with E-state index in [4.69, 9.17) is 9.47 Å². The Bertz CT molecular complexity index is 583. The SMILES string of the molecule is CC(C)(C)C(=O)Oc1ccccc1Oc1ccccc1. The van der Waals surface area contributed by atoms with Gasteiger partial charge in [-0.25, -0.2) is 0 Å². The van der Waals surface area contributed by atoms with Crippen molar-refractivity contribution in [1.82, 2.24) is 0 Å². The number of benzene rings is 2. The number of rotatable bonds is 3. The van der Waals surface area contributed by atoms with Gasteiger partial charge in [-0.05, 0) is 45.0 Å². The van der Waals surface area contributed by atoms with Crippen molar-refractivity contribution in [2.24, 2.45) is 5.41 Å². The third-order valence-corrected chi connectivity index (χ3v) is 2.64. The first kappa shape index (κ1) is 14.1. The Balaban J connectivity index is 2.21. The van der Waals surface area contributed by atoms with Gasteiger partial charge < -0.3 is 9.47 Å². The highest BCUT2D eigenvalue weighted by atomic mass is 16.6. The lowest BCUT2D eigenvalue weighted by molar-refractivity contribution is -0.143. The zero-order valence-electron chi connectivity index (χ0n) is 11.9. The smallest absolute Gasteiger partial charge is 0.316 e. The van der Waals surface area contributed by atoms with Crippen LogP contribution < -0.4 is 9.47 Å². The van der Waals surface area contributed by atoms with Crippen molar-refractivity contribution in [2.75, 3.05) is 0 Å². The molecule has 0 radical (unpaired) electrons. The lowest BCUT2D eigenvalue weighted by Crippen LogP contribution is -2.25. The molecule has 0 amide bonds. The topological polar surface area (TPSA) is 35.5 Å². The Morgan fingerprint density at radius 2 is 1.40 bits per heavy atom. The van der Waals surface area contributed by atoms with Gasteiger partial charge in [0, 0.05) is 0 Å². The average molecular weight is 270 g/mol. The van der Waals surface area contributed by atoms with Gasteiger partial charge in [0.05, 0.1) is 5.41 Å². The van der Waals surface area contributed by atoms with E-state index in [1.807, 2.05) is 63.2 Å². The second-order valence-electron chi connectivity index (χ2n) is 5.50. The van der Waals surface area contributed by atoms with Crippen molar-refractivity contribution >= 4 is 5.97 Å². The fraction of sp³-hybridized carbons (Fsp3) is 0.235. The summed E-state index contributed by atoms with van der Waals surface area (Å²) in [7, 11) is 0. The molecule has 2 rings (SSSR count). The normalized spacial score (nSPS) is 10.9. The number of ether oxygens (including phenoxy) is 2. The predicted molar refractivity (Wildman–Crippen MR) is 78.0 cm³/mol. The number of carbonyl (C=O) groups is 1. The van der Waals surface area contributed by atoms with Crippen LogP contribution >= 0.6 is 0 Å². The summed E-state index contributed by atoms with van der Waals surface area (Å²) in [5.74, 6) is 1.36. The molecule has 0 aliphatic carbocycles. The van der Waals surface area contributed by atoms with Gasteiger partial charge in [0.2, 0.25) is 0 Å². The molecule has 0 atom stereocenters. The zero-order chi connectivity index (χ0) is 14.6. The van der Waals surface area contributed by atoms with Crippen LogP contribution in [0.25, 0.3) is 0 Å². The molecule has 2 aromatic rings. The van der Waals surface area contributed by atoms with Gasteiger partial charge in [-0.1, -0.05) is 30.3 Å². The van der Waals surface area contributed by atoms with E-state index < -0.39 is 5.41 Å². The van der Waals surface area contributed by atoms with E-state index in [0.717, 1.165) is 0 Å². The van der Waals surface area contributed by atoms with Crippen LogP contribution in [0.5, 0.6) is 17.2 Å². The molecule has 0 fully saturated rings. The van der Waals surface area contributed by atoms with Crippen LogP contribution in [0.1, 0.15) is 20.8 Å². The van der Waals surface area contributed by atoms with E-state index >= 15 is 0 Å². The largest absolute Gasteiger partial charge is 0.453 e. The summed E-state index contributed by atoms with van der Waals surface area (Å²) >= 11 is 0. The van der Waals surface area contributed by atoms with Crippen LogP contribution in [-0.2, 0) is 4.79 Å². The molecule has 2 aromatic carbocycles. The summed E-state index contributed by atoms with van der Waals surface area (Å²) in [5.41, 5.74) is -0.556. The molecule has 104 valence electrons. The maximum absolute atomic E-state index is 12.0. The highest BCUT2D eigenvalue weighted by Crippen LogP contribution is 2.32. The third-order valence-electron chi connectivity index (χ3n) is 2.64. The van der Waals surface area contributed by atoms with Crippen LogP contribution in [-0.4, -0.2) is 5.97 Å². The highest BCUT2D eigenvalue weighted by molar-refractivity contribution is 5.78. The first-order valence-electron chi connectivity index (χ1n) is 6.51. The van der Waals surface area contributed by atoms with Crippen LogP contribution in [0.15, 0.2) is 54.6 Å². The molecule has 0 spiro atoms.